The summed E-state index contributed by atoms with van der Waals surface area (Å²) >= 11 is 3.49. The smallest absolute Gasteiger partial charge is 0.259 e. The molecule has 0 fully saturated rings. The second-order valence-electron chi connectivity index (χ2n) is 6.54. The van der Waals surface area contributed by atoms with Gasteiger partial charge in [-0.3, -0.25) is 14.7 Å². The summed E-state index contributed by atoms with van der Waals surface area (Å²) in [7, 11) is 0. The molecular weight excluding hydrogens is 388 g/mol. The summed E-state index contributed by atoms with van der Waals surface area (Å²) in [6.45, 7) is 0. The molecule has 0 N–H and O–H groups in total. The van der Waals surface area contributed by atoms with E-state index in [1.807, 2.05) is 59.5 Å². The molecule has 3 nitrogen and oxygen atoms in total. The third-order valence-corrected chi connectivity index (χ3v) is 5.57. The van der Waals surface area contributed by atoms with Crippen molar-refractivity contribution in [2.24, 2.45) is 4.99 Å². The van der Waals surface area contributed by atoms with E-state index in [9.17, 15) is 4.79 Å². The van der Waals surface area contributed by atoms with Gasteiger partial charge in [-0.05, 0) is 41.5 Å². The second-order valence-corrected chi connectivity index (χ2v) is 7.45. The Hall–Kier alpha value is -2.72. The summed E-state index contributed by atoms with van der Waals surface area (Å²) in [5.74, 6) is 0.0605. The Morgan fingerprint density at radius 1 is 0.923 bits per heavy atom. The lowest BCUT2D eigenvalue weighted by Gasteiger charge is -2.24. The molecule has 4 heteroatoms. The van der Waals surface area contributed by atoms with Gasteiger partial charge in [0.15, 0.2) is 0 Å². The molecule has 126 valence electrons. The zero-order valence-electron chi connectivity index (χ0n) is 13.9. The molecule has 3 aromatic carbocycles. The maximum Gasteiger partial charge on any atom is 0.259 e. The summed E-state index contributed by atoms with van der Waals surface area (Å²) in [5, 5.41) is 0. The Morgan fingerprint density at radius 2 is 1.65 bits per heavy atom. The van der Waals surface area contributed by atoms with E-state index in [0.717, 1.165) is 38.2 Å². The van der Waals surface area contributed by atoms with Crippen molar-refractivity contribution in [3.8, 4) is 0 Å². The normalized spacial score (nSPS) is 17.9. The highest BCUT2D eigenvalue weighted by Gasteiger charge is 2.40. The third kappa shape index (κ3) is 2.33. The van der Waals surface area contributed by atoms with Crippen LogP contribution in [0, 0.1) is 0 Å². The minimum absolute atomic E-state index is 0.0234. The second kappa shape index (κ2) is 5.92. The molecule has 0 bridgehead atoms. The molecule has 2 heterocycles. The van der Waals surface area contributed by atoms with Crippen molar-refractivity contribution < 1.29 is 4.79 Å². The van der Waals surface area contributed by atoms with Gasteiger partial charge in [0.1, 0.15) is 0 Å². The summed E-state index contributed by atoms with van der Waals surface area (Å²) in [6, 6.07) is 24.0. The first-order chi connectivity index (χ1) is 12.7. The Kier molecular flexibility index (Phi) is 3.54. The molecule has 1 amide bonds. The molecule has 2 aliphatic heterocycles. The van der Waals surface area contributed by atoms with Crippen molar-refractivity contribution in [3.05, 3.63) is 94.0 Å². The predicted octanol–water partition coefficient (Wildman–Crippen LogP) is 5.68. The molecule has 26 heavy (non-hydrogen) atoms. The number of benzene rings is 3. The number of fused-ring (bicyclic) bond motifs is 5. The summed E-state index contributed by atoms with van der Waals surface area (Å²) in [6.07, 6.45) is 0.694. The molecule has 5 rings (SSSR count). The van der Waals surface area contributed by atoms with Crippen molar-refractivity contribution in [2.45, 2.75) is 12.5 Å². The molecule has 3 aromatic rings. The first-order valence-electron chi connectivity index (χ1n) is 8.57. The average Bonchev–Trinajstić information content (AvgIpc) is 2.84. The minimum Gasteiger partial charge on any atom is -0.298 e. The molecular formula is C22H15BrN2O. The number of amides is 1. The van der Waals surface area contributed by atoms with Crippen LogP contribution in [0.5, 0.6) is 0 Å². The van der Waals surface area contributed by atoms with E-state index in [1.165, 1.54) is 0 Å². The average molecular weight is 403 g/mol. The summed E-state index contributed by atoms with van der Waals surface area (Å²) < 4.78 is 1.04. The molecule has 0 aromatic heterocycles. The highest BCUT2D eigenvalue weighted by molar-refractivity contribution is 9.10. The first-order valence-corrected chi connectivity index (χ1v) is 9.37. The molecule has 0 saturated carbocycles. The zero-order valence-corrected chi connectivity index (χ0v) is 15.5. The Bertz CT molecular complexity index is 1060. The number of anilines is 1. The van der Waals surface area contributed by atoms with E-state index in [0.29, 0.717) is 6.42 Å². The van der Waals surface area contributed by atoms with Crippen molar-refractivity contribution in [1.29, 1.82) is 0 Å². The number of hydrogen-bond acceptors (Lipinski definition) is 2. The van der Waals surface area contributed by atoms with Crippen LogP contribution in [0.4, 0.5) is 11.4 Å². The van der Waals surface area contributed by atoms with Crippen molar-refractivity contribution in [2.75, 3.05) is 4.90 Å². The van der Waals surface area contributed by atoms with Gasteiger partial charge >= 0.3 is 0 Å². The highest BCUT2D eigenvalue weighted by Crippen LogP contribution is 2.45. The van der Waals surface area contributed by atoms with Gasteiger partial charge in [0, 0.05) is 16.5 Å². The Morgan fingerprint density at radius 3 is 2.50 bits per heavy atom. The van der Waals surface area contributed by atoms with Crippen LogP contribution in [0.1, 0.15) is 33.9 Å². The number of nitrogens with zero attached hydrogens (tertiary/aromatic N) is 2. The van der Waals surface area contributed by atoms with Crippen LogP contribution in [0.25, 0.3) is 0 Å². The fourth-order valence-corrected chi connectivity index (χ4v) is 4.10. The fourth-order valence-electron chi connectivity index (χ4n) is 3.83. The molecule has 0 aliphatic carbocycles. The van der Waals surface area contributed by atoms with Crippen LogP contribution in [0.15, 0.2) is 82.3 Å². The van der Waals surface area contributed by atoms with Crippen LogP contribution in [0.2, 0.25) is 0 Å². The highest BCUT2D eigenvalue weighted by atomic mass is 79.9. The molecule has 0 radical (unpaired) electrons. The lowest BCUT2D eigenvalue weighted by atomic mass is 9.97. The van der Waals surface area contributed by atoms with Gasteiger partial charge in [0.25, 0.3) is 5.91 Å². The maximum absolute atomic E-state index is 13.1. The summed E-state index contributed by atoms with van der Waals surface area (Å²) in [4.78, 5) is 20.0. The van der Waals surface area contributed by atoms with Gasteiger partial charge in [0.2, 0.25) is 0 Å². The first kappa shape index (κ1) is 15.5. The van der Waals surface area contributed by atoms with Gasteiger partial charge in [0.05, 0.1) is 23.1 Å². The largest absolute Gasteiger partial charge is 0.298 e. The monoisotopic (exact) mass is 402 g/mol. The topological polar surface area (TPSA) is 32.7 Å². The van der Waals surface area contributed by atoms with Crippen molar-refractivity contribution >= 4 is 38.9 Å². The number of aliphatic imine (C=N–C) groups is 1. The molecule has 0 unspecified atom stereocenters. The Labute approximate surface area is 160 Å². The van der Waals surface area contributed by atoms with Gasteiger partial charge in [-0.15, -0.1) is 0 Å². The van der Waals surface area contributed by atoms with Crippen LogP contribution in [0.3, 0.4) is 0 Å². The van der Waals surface area contributed by atoms with Crippen LogP contribution in [-0.4, -0.2) is 11.6 Å². The lowest BCUT2D eigenvalue weighted by Crippen LogP contribution is -2.28. The Balaban J connectivity index is 1.71. The predicted molar refractivity (Wildman–Crippen MR) is 107 cm³/mol. The van der Waals surface area contributed by atoms with E-state index in [1.54, 1.807) is 0 Å². The SMILES string of the molecule is O=C1c2ccccc2[C@@H]2CC(c3ccc(Br)cc3)=Nc3ccccc3N12. The third-order valence-electron chi connectivity index (χ3n) is 5.04. The van der Waals surface area contributed by atoms with E-state index in [-0.39, 0.29) is 11.9 Å². The lowest BCUT2D eigenvalue weighted by molar-refractivity contribution is 0.0992. The quantitative estimate of drug-likeness (QED) is 0.515. The molecule has 1 atom stereocenters. The zero-order chi connectivity index (χ0) is 17.7. The van der Waals surface area contributed by atoms with Gasteiger partial charge in [-0.2, -0.15) is 0 Å². The number of carbonyl (C=O) groups excluding carboxylic acids is 1. The number of halogens is 1. The van der Waals surface area contributed by atoms with E-state index in [2.05, 4.69) is 34.1 Å². The number of para-hydroxylation sites is 2. The maximum atomic E-state index is 13.1. The van der Waals surface area contributed by atoms with Crippen LogP contribution in [-0.2, 0) is 0 Å². The van der Waals surface area contributed by atoms with Gasteiger partial charge < -0.3 is 0 Å². The van der Waals surface area contributed by atoms with Crippen molar-refractivity contribution in [1.82, 2.24) is 0 Å². The van der Waals surface area contributed by atoms with E-state index in [4.69, 9.17) is 4.99 Å². The van der Waals surface area contributed by atoms with E-state index < -0.39 is 0 Å². The van der Waals surface area contributed by atoms with E-state index >= 15 is 0 Å². The number of hydrogen-bond donors (Lipinski definition) is 0. The molecule has 0 spiro atoms. The summed E-state index contributed by atoms with van der Waals surface area (Å²) in [5.41, 5.74) is 5.69. The standard InChI is InChI=1S/C22H15BrN2O/c23-15-11-9-14(10-12-15)19-13-21-16-5-1-2-6-17(16)22(26)25(21)20-8-4-3-7-18(20)24-19/h1-12,21H,13H2/t21-/m0/s1. The van der Waals surface area contributed by atoms with Crippen molar-refractivity contribution in [3.63, 3.8) is 0 Å². The van der Waals surface area contributed by atoms with Gasteiger partial charge in [-0.1, -0.05) is 58.4 Å². The molecule has 2 aliphatic rings. The van der Waals surface area contributed by atoms with Gasteiger partial charge in [-0.25, -0.2) is 0 Å². The number of rotatable bonds is 1. The minimum atomic E-state index is -0.0234. The fraction of sp³-hybridized carbons (Fsp3) is 0.0909. The molecule has 0 saturated heterocycles. The number of carbonyl (C=O) groups is 1. The van der Waals surface area contributed by atoms with Crippen LogP contribution < -0.4 is 4.90 Å². The van der Waals surface area contributed by atoms with Crippen LogP contribution >= 0.6 is 15.9 Å².